The van der Waals surface area contributed by atoms with E-state index in [1.807, 2.05) is 0 Å². The molecule has 0 amide bonds. The Morgan fingerprint density at radius 3 is 2.60 bits per heavy atom. The van der Waals surface area contributed by atoms with Crippen LogP contribution in [0.25, 0.3) is 0 Å². The molecule has 0 aliphatic heterocycles. The van der Waals surface area contributed by atoms with Crippen molar-refractivity contribution in [2.45, 2.75) is 78.2 Å². The Morgan fingerprint density at radius 2 is 1.84 bits per heavy atom. The van der Waals surface area contributed by atoms with Crippen molar-refractivity contribution in [3.63, 3.8) is 0 Å². The first-order valence-electron chi connectivity index (χ1n) is 10.6. The van der Waals surface area contributed by atoms with E-state index < -0.39 is 0 Å². The van der Waals surface area contributed by atoms with Crippen LogP contribution in [0.4, 0.5) is 0 Å². The van der Waals surface area contributed by atoms with Crippen LogP contribution in [0.15, 0.2) is 0 Å². The van der Waals surface area contributed by atoms with Crippen LogP contribution in [0.3, 0.4) is 0 Å². The summed E-state index contributed by atoms with van der Waals surface area (Å²) in [4.78, 5) is 23.9. The summed E-state index contributed by atoms with van der Waals surface area (Å²) in [5.41, 5.74) is 0.589. The van der Waals surface area contributed by atoms with Crippen molar-refractivity contribution >= 4 is 11.8 Å². The van der Waals surface area contributed by atoms with Crippen LogP contribution in [0.1, 0.15) is 72.1 Å². The third kappa shape index (κ3) is 2.04. The average molecular weight is 344 g/mol. The molecule has 5 saturated carbocycles. The average Bonchev–Trinajstić information content (AvgIpc) is 3.30. The van der Waals surface area contributed by atoms with Crippen LogP contribution in [0.5, 0.6) is 0 Å². The van der Waals surface area contributed by atoms with E-state index in [2.05, 4.69) is 13.8 Å². The van der Waals surface area contributed by atoms with Crippen molar-refractivity contribution in [2.24, 2.45) is 46.3 Å². The second-order valence-electron chi connectivity index (χ2n) is 10.4. The predicted molar refractivity (Wildman–Crippen MR) is 94.7 cm³/mol. The number of esters is 1. The van der Waals surface area contributed by atoms with Gasteiger partial charge in [0.1, 0.15) is 11.9 Å². The standard InChI is InChI=1S/C22H32O3/c1-12(23)25-20-7-6-16-14-5-4-13-10-19(24)15-11-18(15)22(13,3)17(14)8-9-21(16,20)2/h13-18,20H,4-11H2,1-3H3/t13-,14+,15+,16+,17+,18?,20+,21+,22+/m1/s1. The van der Waals surface area contributed by atoms with Gasteiger partial charge in [-0.15, -0.1) is 0 Å². The second-order valence-corrected chi connectivity index (χ2v) is 10.4. The summed E-state index contributed by atoms with van der Waals surface area (Å²) in [6, 6.07) is 0. The molecule has 0 N–H and O–H groups in total. The molecular formula is C22H32O3. The summed E-state index contributed by atoms with van der Waals surface area (Å²) in [6.07, 6.45) is 9.46. The van der Waals surface area contributed by atoms with Crippen LogP contribution in [0.2, 0.25) is 0 Å². The van der Waals surface area contributed by atoms with Gasteiger partial charge in [-0.25, -0.2) is 0 Å². The van der Waals surface area contributed by atoms with Crippen molar-refractivity contribution in [2.75, 3.05) is 0 Å². The van der Waals surface area contributed by atoms with Gasteiger partial charge in [-0.1, -0.05) is 13.8 Å². The van der Waals surface area contributed by atoms with Gasteiger partial charge in [-0.05, 0) is 80.0 Å². The lowest BCUT2D eigenvalue weighted by atomic mass is 9.45. The Hall–Kier alpha value is -0.860. The van der Waals surface area contributed by atoms with E-state index in [-0.39, 0.29) is 17.5 Å². The lowest BCUT2D eigenvalue weighted by Gasteiger charge is -2.60. The summed E-state index contributed by atoms with van der Waals surface area (Å²) in [7, 11) is 0. The molecule has 3 heteroatoms. The molecule has 138 valence electrons. The largest absolute Gasteiger partial charge is 0.462 e. The van der Waals surface area contributed by atoms with Crippen molar-refractivity contribution < 1.29 is 14.3 Å². The minimum Gasteiger partial charge on any atom is -0.462 e. The van der Waals surface area contributed by atoms with Crippen LogP contribution in [-0.4, -0.2) is 17.9 Å². The number of Topliss-reactive ketones (excluding diaryl/α,β-unsaturated/α-hetero) is 1. The van der Waals surface area contributed by atoms with E-state index in [0.717, 1.165) is 24.7 Å². The number of ketones is 1. The fourth-order valence-corrected chi connectivity index (χ4v) is 8.35. The molecule has 9 atom stereocenters. The molecule has 0 radical (unpaired) electrons. The summed E-state index contributed by atoms with van der Waals surface area (Å²) in [5, 5.41) is 0. The van der Waals surface area contributed by atoms with Gasteiger partial charge in [-0.2, -0.15) is 0 Å². The SMILES string of the molecule is CC(=O)O[C@H]1CC[C@H]2[C@@H]3CC[C@@H]4CC(=O)[C@H]5CC5[C@]4(C)[C@H]3CC[C@]12C. The molecule has 0 aromatic rings. The van der Waals surface area contributed by atoms with Crippen LogP contribution in [0, 0.1) is 46.3 Å². The number of carbonyl (C=O) groups excluding carboxylic acids is 2. The van der Waals surface area contributed by atoms with Crippen LogP contribution in [-0.2, 0) is 14.3 Å². The minimum atomic E-state index is -0.115. The first-order valence-corrected chi connectivity index (χ1v) is 10.6. The van der Waals surface area contributed by atoms with Gasteiger partial charge < -0.3 is 4.74 Å². The van der Waals surface area contributed by atoms with Gasteiger partial charge in [-0.3, -0.25) is 9.59 Å². The molecular weight excluding hydrogens is 312 g/mol. The van der Waals surface area contributed by atoms with Gasteiger partial charge in [0.05, 0.1) is 0 Å². The van der Waals surface area contributed by atoms with Gasteiger partial charge in [0.15, 0.2) is 0 Å². The van der Waals surface area contributed by atoms with E-state index in [1.54, 1.807) is 6.92 Å². The Bertz CT molecular complexity index is 627. The third-order valence-corrected chi connectivity index (χ3v) is 9.64. The van der Waals surface area contributed by atoms with Gasteiger partial charge in [0.2, 0.25) is 0 Å². The number of fused-ring (bicyclic) bond motifs is 7. The van der Waals surface area contributed by atoms with Crippen molar-refractivity contribution in [1.29, 1.82) is 0 Å². The maximum atomic E-state index is 12.3. The first kappa shape index (κ1) is 16.3. The van der Waals surface area contributed by atoms with E-state index in [0.29, 0.717) is 34.9 Å². The molecule has 5 fully saturated rings. The number of hydrogen-bond acceptors (Lipinski definition) is 3. The second kappa shape index (κ2) is 5.10. The van der Waals surface area contributed by atoms with Crippen LogP contribution < -0.4 is 0 Å². The topological polar surface area (TPSA) is 43.4 Å². The minimum absolute atomic E-state index is 0.115. The fraction of sp³-hybridized carbons (Fsp3) is 0.909. The molecule has 5 aliphatic carbocycles. The fourth-order valence-electron chi connectivity index (χ4n) is 8.35. The lowest BCUT2D eigenvalue weighted by molar-refractivity contribution is -0.163. The lowest BCUT2D eigenvalue weighted by Crippen LogP contribution is -2.55. The Morgan fingerprint density at radius 1 is 1.04 bits per heavy atom. The molecule has 0 heterocycles. The monoisotopic (exact) mass is 344 g/mol. The number of ether oxygens (including phenoxy) is 1. The zero-order chi connectivity index (χ0) is 17.6. The van der Waals surface area contributed by atoms with Crippen molar-refractivity contribution in [1.82, 2.24) is 0 Å². The first-order chi connectivity index (χ1) is 11.9. The van der Waals surface area contributed by atoms with Gasteiger partial charge in [0.25, 0.3) is 0 Å². The number of hydrogen-bond donors (Lipinski definition) is 0. The number of carbonyl (C=O) groups is 2. The molecule has 0 aromatic carbocycles. The molecule has 0 bridgehead atoms. The van der Waals surface area contributed by atoms with Gasteiger partial charge in [0, 0.05) is 24.7 Å². The molecule has 1 unspecified atom stereocenters. The molecule has 25 heavy (non-hydrogen) atoms. The smallest absolute Gasteiger partial charge is 0.302 e. The molecule has 0 saturated heterocycles. The molecule has 0 spiro atoms. The van der Waals surface area contributed by atoms with E-state index >= 15 is 0 Å². The van der Waals surface area contributed by atoms with Crippen LogP contribution >= 0.6 is 0 Å². The molecule has 3 nitrogen and oxygen atoms in total. The highest BCUT2D eigenvalue weighted by molar-refractivity contribution is 5.85. The number of rotatable bonds is 1. The van der Waals surface area contributed by atoms with E-state index in [4.69, 9.17) is 4.74 Å². The summed E-state index contributed by atoms with van der Waals surface area (Å²) < 4.78 is 5.75. The normalized spacial score (nSPS) is 56.3. The molecule has 5 rings (SSSR count). The summed E-state index contributed by atoms with van der Waals surface area (Å²) in [6.45, 7) is 6.50. The summed E-state index contributed by atoms with van der Waals surface area (Å²) in [5.74, 6) is 4.48. The Balaban J connectivity index is 1.44. The van der Waals surface area contributed by atoms with Crippen molar-refractivity contribution in [3.05, 3.63) is 0 Å². The maximum Gasteiger partial charge on any atom is 0.302 e. The quantitative estimate of drug-likeness (QED) is 0.663. The Kier molecular flexibility index (Phi) is 3.33. The summed E-state index contributed by atoms with van der Waals surface area (Å²) >= 11 is 0. The van der Waals surface area contributed by atoms with E-state index in [9.17, 15) is 9.59 Å². The zero-order valence-electron chi connectivity index (χ0n) is 15.9. The predicted octanol–water partition coefficient (Wildman–Crippen LogP) is 4.39. The highest BCUT2D eigenvalue weighted by atomic mass is 16.5. The van der Waals surface area contributed by atoms with Gasteiger partial charge >= 0.3 is 5.97 Å². The zero-order valence-corrected chi connectivity index (χ0v) is 15.9. The Labute approximate surface area is 151 Å². The maximum absolute atomic E-state index is 12.3. The highest BCUT2D eigenvalue weighted by Crippen LogP contribution is 2.72. The van der Waals surface area contributed by atoms with E-state index in [1.165, 1.54) is 38.5 Å². The molecule has 5 aliphatic rings. The third-order valence-electron chi connectivity index (χ3n) is 9.64. The van der Waals surface area contributed by atoms with Crippen molar-refractivity contribution in [3.8, 4) is 0 Å². The molecule has 0 aromatic heterocycles. The highest BCUT2D eigenvalue weighted by Gasteiger charge is 2.68.